The second-order valence-corrected chi connectivity index (χ2v) is 5.52. The molecule has 0 aliphatic carbocycles. The van der Waals surface area contributed by atoms with E-state index in [0.717, 1.165) is 5.69 Å². The highest BCUT2D eigenvalue weighted by Crippen LogP contribution is 2.30. The second-order valence-electron chi connectivity index (χ2n) is 5.52. The Hall–Kier alpha value is -3.55. The molecule has 3 rings (SSSR count). The number of carbonyl (C=O) groups excluding carboxylic acids is 1. The average molecular weight is 352 g/mol. The smallest absolute Gasteiger partial charge is 0.341 e. The topological polar surface area (TPSA) is 107 Å². The van der Waals surface area contributed by atoms with Crippen LogP contribution in [-0.4, -0.2) is 27.5 Å². The molecule has 0 atom stereocenters. The van der Waals surface area contributed by atoms with Gasteiger partial charge >= 0.3 is 5.97 Å². The molecule has 0 bridgehead atoms. The SMILES string of the molecule is CCOC(=O)c1cnc2nc(C)ccc2c1Nc1cccc([N+](=O)[O-])c1. The van der Waals surface area contributed by atoms with Crippen molar-refractivity contribution in [2.24, 2.45) is 0 Å². The summed E-state index contributed by atoms with van der Waals surface area (Å²) in [6, 6.07) is 9.63. The quantitative estimate of drug-likeness (QED) is 0.423. The number of esters is 1. The van der Waals surface area contributed by atoms with Gasteiger partial charge in [0, 0.05) is 35.1 Å². The highest BCUT2D eigenvalue weighted by atomic mass is 16.6. The predicted octanol–water partition coefficient (Wildman–Crippen LogP) is 3.77. The minimum atomic E-state index is -0.532. The van der Waals surface area contributed by atoms with Crippen LogP contribution in [0.25, 0.3) is 11.0 Å². The van der Waals surface area contributed by atoms with Crippen LogP contribution in [0.3, 0.4) is 0 Å². The third-order valence-corrected chi connectivity index (χ3v) is 3.69. The molecule has 0 aliphatic heterocycles. The Balaban J connectivity index is 2.14. The van der Waals surface area contributed by atoms with E-state index in [2.05, 4.69) is 15.3 Å². The lowest BCUT2D eigenvalue weighted by molar-refractivity contribution is -0.384. The summed E-state index contributed by atoms with van der Waals surface area (Å²) in [6.45, 7) is 3.78. The molecule has 1 aromatic carbocycles. The van der Waals surface area contributed by atoms with Crippen LogP contribution < -0.4 is 5.32 Å². The van der Waals surface area contributed by atoms with Gasteiger partial charge in [0.15, 0.2) is 5.65 Å². The number of hydrogen-bond acceptors (Lipinski definition) is 7. The highest BCUT2D eigenvalue weighted by molar-refractivity contribution is 6.05. The first-order chi connectivity index (χ1) is 12.5. The number of pyridine rings is 2. The molecule has 0 unspecified atom stereocenters. The van der Waals surface area contributed by atoms with Gasteiger partial charge in [-0.1, -0.05) is 6.07 Å². The molecule has 2 heterocycles. The van der Waals surface area contributed by atoms with Crippen LogP contribution in [0.5, 0.6) is 0 Å². The monoisotopic (exact) mass is 352 g/mol. The molecule has 0 aliphatic rings. The Kier molecular flexibility index (Phi) is 4.74. The molecule has 3 aromatic rings. The van der Waals surface area contributed by atoms with Crippen molar-refractivity contribution in [2.75, 3.05) is 11.9 Å². The van der Waals surface area contributed by atoms with Crippen molar-refractivity contribution < 1.29 is 14.5 Å². The molecule has 0 radical (unpaired) electrons. The summed E-state index contributed by atoms with van der Waals surface area (Å²) in [6.07, 6.45) is 1.40. The van der Waals surface area contributed by atoms with Crippen LogP contribution in [0.15, 0.2) is 42.6 Å². The van der Waals surface area contributed by atoms with E-state index in [-0.39, 0.29) is 17.9 Å². The van der Waals surface area contributed by atoms with E-state index in [0.29, 0.717) is 22.4 Å². The molecule has 0 spiro atoms. The summed E-state index contributed by atoms with van der Waals surface area (Å²) in [5.41, 5.74) is 2.34. The Morgan fingerprint density at radius 3 is 2.85 bits per heavy atom. The molecule has 132 valence electrons. The summed E-state index contributed by atoms with van der Waals surface area (Å²) in [5, 5.41) is 14.7. The Morgan fingerprint density at radius 2 is 2.12 bits per heavy atom. The Labute approximate surface area is 149 Å². The van der Waals surface area contributed by atoms with Gasteiger partial charge in [0.05, 0.1) is 17.2 Å². The molecule has 0 fully saturated rings. The average Bonchev–Trinajstić information content (AvgIpc) is 2.62. The summed E-state index contributed by atoms with van der Waals surface area (Å²) >= 11 is 0. The van der Waals surface area contributed by atoms with Crippen molar-refractivity contribution in [1.29, 1.82) is 0 Å². The van der Waals surface area contributed by atoms with Crippen molar-refractivity contribution in [1.82, 2.24) is 9.97 Å². The van der Waals surface area contributed by atoms with Crippen molar-refractivity contribution in [3.05, 3.63) is 64.0 Å². The lowest BCUT2D eigenvalue weighted by Gasteiger charge is -2.14. The third kappa shape index (κ3) is 3.44. The molecule has 0 saturated heterocycles. The molecule has 0 amide bonds. The fraction of sp³-hybridized carbons (Fsp3) is 0.167. The maximum absolute atomic E-state index is 12.3. The van der Waals surface area contributed by atoms with Gasteiger partial charge in [0.25, 0.3) is 5.69 Å². The maximum atomic E-state index is 12.3. The van der Waals surface area contributed by atoms with E-state index in [9.17, 15) is 14.9 Å². The van der Waals surface area contributed by atoms with Crippen molar-refractivity contribution in [2.45, 2.75) is 13.8 Å². The first kappa shape index (κ1) is 17.3. The lowest BCUT2D eigenvalue weighted by Crippen LogP contribution is -2.09. The Bertz CT molecular complexity index is 1000. The molecule has 1 N–H and O–H groups in total. The molecule has 26 heavy (non-hydrogen) atoms. The van der Waals surface area contributed by atoms with Crippen LogP contribution >= 0.6 is 0 Å². The number of benzene rings is 1. The minimum absolute atomic E-state index is 0.0555. The van der Waals surface area contributed by atoms with Gasteiger partial charge in [0.1, 0.15) is 5.56 Å². The number of nitrogens with zero attached hydrogens (tertiary/aromatic N) is 3. The van der Waals surface area contributed by atoms with Crippen molar-refractivity contribution in [3.8, 4) is 0 Å². The first-order valence-electron chi connectivity index (χ1n) is 7.94. The Morgan fingerprint density at radius 1 is 1.31 bits per heavy atom. The van der Waals surface area contributed by atoms with E-state index in [1.165, 1.54) is 18.3 Å². The second kappa shape index (κ2) is 7.14. The number of anilines is 2. The summed E-state index contributed by atoms with van der Waals surface area (Å²) in [7, 11) is 0. The zero-order chi connectivity index (χ0) is 18.7. The van der Waals surface area contributed by atoms with Gasteiger partial charge in [-0.2, -0.15) is 0 Å². The van der Waals surface area contributed by atoms with Crippen LogP contribution in [0.1, 0.15) is 23.0 Å². The number of ether oxygens (including phenoxy) is 1. The number of non-ortho nitro benzene ring substituents is 1. The van der Waals surface area contributed by atoms with Gasteiger partial charge in [0.2, 0.25) is 0 Å². The number of aromatic nitrogens is 2. The zero-order valence-corrected chi connectivity index (χ0v) is 14.2. The van der Waals surface area contributed by atoms with Crippen molar-refractivity contribution in [3.63, 3.8) is 0 Å². The van der Waals surface area contributed by atoms with E-state index >= 15 is 0 Å². The number of nitro benzene ring substituents is 1. The summed E-state index contributed by atoms with van der Waals surface area (Å²) in [5.74, 6) is -0.532. The first-order valence-corrected chi connectivity index (χ1v) is 7.94. The number of fused-ring (bicyclic) bond motifs is 1. The fourth-order valence-corrected chi connectivity index (χ4v) is 2.51. The van der Waals surface area contributed by atoms with Gasteiger partial charge in [-0.05, 0) is 32.0 Å². The van der Waals surface area contributed by atoms with Crippen LogP contribution in [0.4, 0.5) is 17.1 Å². The largest absolute Gasteiger partial charge is 0.462 e. The number of hydrogen-bond donors (Lipinski definition) is 1. The van der Waals surface area contributed by atoms with Gasteiger partial charge < -0.3 is 10.1 Å². The predicted molar refractivity (Wildman–Crippen MR) is 96.6 cm³/mol. The van der Waals surface area contributed by atoms with E-state index < -0.39 is 10.9 Å². The van der Waals surface area contributed by atoms with E-state index in [1.807, 2.05) is 6.92 Å². The standard InChI is InChI=1S/C18H16N4O4/c1-3-26-18(23)15-10-19-17-14(8-7-11(2)20-17)16(15)21-12-5-4-6-13(9-12)22(24)25/h4-10H,3H2,1-2H3,(H,19,20,21). The normalized spacial score (nSPS) is 10.5. The number of nitro groups is 1. The molecular weight excluding hydrogens is 336 g/mol. The number of nitrogens with one attached hydrogen (secondary N) is 1. The number of aryl methyl sites for hydroxylation is 1. The number of rotatable bonds is 5. The fourth-order valence-electron chi connectivity index (χ4n) is 2.51. The number of carbonyl (C=O) groups is 1. The van der Waals surface area contributed by atoms with Crippen LogP contribution in [0.2, 0.25) is 0 Å². The maximum Gasteiger partial charge on any atom is 0.341 e. The van der Waals surface area contributed by atoms with E-state index in [1.54, 1.807) is 31.2 Å². The lowest BCUT2D eigenvalue weighted by atomic mass is 10.1. The van der Waals surface area contributed by atoms with Gasteiger partial charge in [-0.3, -0.25) is 10.1 Å². The zero-order valence-electron chi connectivity index (χ0n) is 14.2. The van der Waals surface area contributed by atoms with Crippen LogP contribution in [-0.2, 0) is 4.74 Å². The van der Waals surface area contributed by atoms with Crippen molar-refractivity contribution >= 4 is 34.1 Å². The summed E-state index contributed by atoms with van der Waals surface area (Å²) in [4.78, 5) is 31.4. The molecule has 2 aromatic heterocycles. The molecule has 8 heteroatoms. The third-order valence-electron chi connectivity index (χ3n) is 3.69. The molecule has 8 nitrogen and oxygen atoms in total. The molecular formula is C18H16N4O4. The van der Waals surface area contributed by atoms with Gasteiger partial charge in [-0.15, -0.1) is 0 Å². The van der Waals surface area contributed by atoms with Gasteiger partial charge in [-0.25, -0.2) is 14.8 Å². The summed E-state index contributed by atoms with van der Waals surface area (Å²) < 4.78 is 5.09. The van der Waals surface area contributed by atoms with E-state index in [4.69, 9.17) is 4.74 Å². The molecule has 0 saturated carbocycles. The highest BCUT2D eigenvalue weighted by Gasteiger charge is 2.18. The van der Waals surface area contributed by atoms with Crippen LogP contribution in [0, 0.1) is 17.0 Å². The minimum Gasteiger partial charge on any atom is -0.462 e.